The van der Waals surface area contributed by atoms with E-state index in [1.165, 1.54) is 23.8 Å². The van der Waals surface area contributed by atoms with Gasteiger partial charge >= 0.3 is 6.29 Å². The van der Waals surface area contributed by atoms with Crippen molar-refractivity contribution in [3.05, 3.63) is 53.1 Å². The first-order valence-electron chi connectivity index (χ1n) is 11.0. The summed E-state index contributed by atoms with van der Waals surface area (Å²) in [6.07, 6.45) is -1.04. The fourth-order valence-electron chi connectivity index (χ4n) is 4.52. The minimum absolute atomic E-state index is 0.0732. The number of nitrogens with one attached hydrogen (secondary N) is 1. The van der Waals surface area contributed by atoms with Crippen LogP contribution in [0.25, 0.3) is 0 Å². The van der Waals surface area contributed by atoms with Gasteiger partial charge in [0.25, 0.3) is 0 Å². The van der Waals surface area contributed by atoms with Crippen molar-refractivity contribution in [3.63, 3.8) is 0 Å². The van der Waals surface area contributed by atoms with E-state index in [4.69, 9.17) is 4.74 Å². The molecule has 0 aromatic heterocycles. The van der Waals surface area contributed by atoms with Crippen LogP contribution in [-0.2, 0) is 33.7 Å². The van der Waals surface area contributed by atoms with Crippen LogP contribution in [-0.4, -0.2) is 42.8 Å². The first-order chi connectivity index (χ1) is 15.9. The predicted octanol–water partition coefficient (Wildman–Crippen LogP) is 3.50. The van der Waals surface area contributed by atoms with Gasteiger partial charge in [0.1, 0.15) is 0 Å². The average molecular weight is 458 g/mol. The smallest absolute Gasteiger partial charge is 0.395 e. The quantitative estimate of drug-likeness (QED) is 0.759. The molecule has 3 aliphatic heterocycles. The third-order valence-corrected chi connectivity index (χ3v) is 6.15. The maximum atomic E-state index is 13.2. The molecule has 3 aliphatic rings. The number of alkyl halides is 2. The van der Waals surface area contributed by atoms with E-state index in [-0.39, 0.29) is 35.7 Å². The van der Waals surface area contributed by atoms with Gasteiger partial charge in [0.15, 0.2) is 11.5 Å². The Morgan fingerprint density at radius 2 is 1.94 bits per heavy atom. The molecular weight excluding hydrogens is 434 g/mol. The molecule has 174 valence electrons. The molecule has 0 aliphatic carbocycles. The molecular formula is C24H24F2N2O5. The third kappa shape index (κ3) is 4.78. The van der Waals surface area contributed by atoms with Crippen LogP contribution in [0.3, 0.4) is 0 Å². The lowest BCUT2D eigenvalue weighted by Crippen LogP contribution is -2.42. The maximum absolute atomic E-state index is 13.2. The number of carbonyl (C=O) groups excluding carboxylic acids is 2. The molecule has 1 fully saturated rings. The number of ether oxygens (including phenoxy) is 3. The monoisotopic (exact) mass is 458 g/mol. The molecule has 0 bridgehead atoms. The first-order valence-corrected chi connectivity index (χ1v) is 11.0. The van der Waals surface area contributed by atoms with Crippen molar-refractivity contribution in [2.45, 2.75) is 38.5 Å². The van der Waals surface area contributed by atoms with Crippen LogP contribution < -0.4 is 14.8 Å². The highest BCUT2D eigenvalue weighted by Gasteiger charge is 2.43. The largest absolute Gasteiger partial charge is 0.586 e. The fraction of sp³-hybridized carbons (Fsp3) is 0.417. The summed E-state index contributed by atoms with van der Waals surface area (Å²) in [5, 5.41) is 2.70. The van der Waals surface area contributed by atoms with Crippen LogP contribution in [0.2, 0.25) is 0 Å². The SMILES string of the molecule is O=C(Cc1ccc2c(c1)CN(C(=O)C1CCCOC1)CC2)Nc1ccc2c(c1)OC(F)(F)O2. The molecule has 1 N–H and O–H groups in total. The van der Waals surface area contributed by atoms with Gasteiger partial charge in [-0.15, -0.1) is 8.78 Å². The highest BCUT2D eigenvalue weighted by molar-refractivity contribution is 5.92. The van der Waals surface area contributed by atoms with Crippen molar-refractivity contribution in [1.29, 1.82) is 0 Å². The van der Waals surface area contributed by atoms with Gasteiger partial charge in [0.2, 0.25) is 11.8 Å². The second kappa shape index (κ2) is 8.62. The lowest BCUT2D eigenvalue weighted by atomic mass is 9.94. The normalized spacial score (nSPS) is 20.8. The summed E-state index contributed by atoms with van der Waals surface area (Å²) in [5.74, 6) is -0.428. The fourth-order valence-corrected chi connectivity index (χ4v) is 4.52. The third-order valence-electron chi connectivity index (χ3n) is 6.15. The second-order valence-corrected chi connectivity index (χ2v) is 8.58. The van der Waals surface area contributed by atoms with Crippen molar-refractivity contribution in [1.82, 2.24) is 4.90 Å². The van der Waals surface area contributed by atoms with E-state index in [1.807, 2.05) is 23.1 Å². The molecule has 9 heteroatoms. The van der Waals surface area contributed by atoms with Gasteiger partial charge in [-0.3, -0.25) is 9.59 Å². The first kappa shape index (κ1) is 21.6. The summed E-state index contributed by atoms with van der Waals surface area (Å²) in [6, 6.07) is 9.99. The Bertz CT molecular complexity index is 1080. The van der Waals surface area contributed by atoms with Crippen LogP contribution in [0.1, 0.15) is 29.5 Å². The molecule has 5 rings (SSSR count). The Balaban J connectivity index is 1.22. The molecule has 3 heterocycles. The summed E-state index contributed by atoms with van der Waals surface area (Å²) in [7, 11) is 0. The number of rotatable bonds is 4. The van der Waals surface area contributed by atoms with E-state index in [0.717, 1.165) is 37.0 Å². The number of carbonyl (C=O) groups is 2. The molecule has 0 spiro atoms. The van der Waals surface area contributed by atoms with Crippen LogP contribution in [0.15, 0.2) is 36.4 Å². The molecule has 33 heavy (non-hydrogen) atoms. The molecule has 2 aromatic rings. The standard InChI is InChI=1S/C24H24F2N2O5/c25-24(26)32-20-6-5-19(12-21(20)33-24)27-22(29)11-15-3-4-16-7-8-28(13-18(16)10-15)23(30)17-2-1-9-31-14-17/h3-6,10,12,17H,1-2,7-9,11,13-14H2,(H,27,29). The van der Waals surface area contributed by atoms with E-state index < -0.39 is 6.29 Å². The molecule has 1 unspecified atom stereocenters. The van der Waals surface area contributed by atoms with Gasteiger partial charge in [0, 0.05) is 31.5 Å². The zero-order chi connectivity index (χ0) is 23.0. The van der Waals surface area contributed by atoms with Gasteiger partial charge in [-0.1, -0.05) is 18.2 Å². The van der Waals surface area contributed by atoms with Crippen LogP contribution in [0, 0.1) is 5.92 Å². The minimum Gasteiger partial charge on any atom is -0.395 e. The Kier molecular flexibility index (Phi) is 5.65. The number of hydrogen-bond donors (Lipinski definition) is 1. The zero-order valence-electron chi connectivity index (χ0n) is 17.9. The zero-order valence-corrected chi connectivity index (χ0v) is 17.9. The summed E-state index contributed by atoms with van der Waals surface area (Å²) in [4.78, 5) is 27.3. The number of halogens is 2. The second-order valence-electron chi connectivity index (χ2n) is 8.58. The summed E-state index contributed by atoms with van der Waals surface area (Å²) in [6.45, 7) is 2.42. The molecule has 7 nitrogen and oxygen atoms in total. The van der Waals surface area contributed by atoms with Crippen molar-refractivity contribution in [2.24, 2.45) is 5.92 Å². The highest BCUT2D eigenvalue weighted by atomic mass is 19.3. The summed E-state index contributed by atoms with van der Waals surface area (Å²) >= 11 is 0. The van der Waals surface area contributed by atoms with Crippen LogP contribution in [0.5, 0.6) is 11.5 Å². The Morgan fingerprint density at radius 1 is 1.09 bits per heavy atom. The summed E-state index contributed by atoms with van der Waals surface area (Å²) < 4.78 is 40.6. The molecule has 2 aromatic carbocycles. The Morgan fingerprint density at radius 3 is 2.76 bits per heavy atom. The lowest BCUT2D eigenvalue weighted by Gasteiger charge is -2.33. The van der Waals surface area contributed by atoms with Gasteiger partial charge < -0.3 is 24.4 Å². The van der Waals surface area contributed by atoms with E-state index in [2.05, 4.69) is 14.8 Å². The molecule has 1 saturated heterocycles. The van der Waals surface area contributed by atoms with E-state index >= 15 is 0 Å². The predicted molar refractivity (Wildman–Crippen MR) is 114 cm³/mol. The van der Waals surface area contributed by atoms with Gasteiger partial charge in [-0.2, -0.15) is 0 Å². The molecule has 0 radical (unpaired) electrons. The van der Waals surface area contributed by atoms with Crippen molar-refractivity contribution >= 4 is 17.5 Å². The van der Waals surface area contributed by atoms with Crippen LogP contribution >= 0.6 is 0 Å². The number of fused-ring (bicyclic) bond motifs is 2. The average Bonchev–Trinajstić information content (AvgIpc) is 3.11. The maximum Gasteiger partial charge on any atom is 0.586 e. The number of anilines is 1. The number of amides is 2. The molecule has 0 saturated carbocycles. The van der Waals surface area contributed by atoms with Crippen LogP contribution in [0.4, 0.5) is 14.5 Å². The summed E-state index contributed by atoms with van der Waals surface area (Å²) in [5.41, 5.74) is 3.38. The van der Waals surface area contributed by atoms with Gasteiger partial charge in [-0.05, 0) is 48.1 Å². The van der Waals surface area contributed by atoms with E-state index in [0.29, 0.717) is 25.4 Å². The molecule has 1 atom stereocenters. The van der Waals surface area contributed by atoms with Crippen molar-refractivity contribution < 1.29 is 32.6 Å². The van der Waals surface area contributed by atoms with E-state index in [9.17, 15) is 18.4 Å². The number of benzene rings is 2. The van der Waals surface area contributed by atoms with E-state index in [1.54, 1.807) is 0 Å². The molecule has 2 amide bonds. The highest BCUT2D eigenvalue weighted by Crippen LogP contribution is 2.42. The topological polar surface area (TPSA) is 77.1 Å². The van der Waals surface area contributed by atoms with Crippen molar-refractivity contribution in [2.75, 3.05) is 25.1 Å². The Labute approximate surface area is 189 Å². The number of hydrogen-bond acceptors (Lipinski definition) is 5. The van der Waals surface area contributed by atoms with Gasteiger partial charge in [0.05, 0.1) is 18.9 Å². The minimum atomic E-state index is -3.70. The van der Waals surface area contributed by atoms with Crippen molar-refractivity contribution in [3.8, 4) is 11.5 Å². The van der Waals surface area contributed by atoms with Gasteiger partial charge in [-0.25, -0.2) is 0 Å². The lowest BCUT2D eigenvalue weighted by molar-refractivity contribution is -0.286. The number of nitrogens with zero attached hydrogens (tertiary/aromatic N) is 1. The Hall–Kier alpha value is -3.20.